The third-order valence-corrected chi connectivity index (χ3v) is 3.55. The standard InChI is InChI=1S/C14H27N3O2/c1-6-14(9-18,10-19)15-7-11-8-17(5)16-12(11)13(2,3)4/h8,15,18-19H,6-7,9-10H2,1-5H3. The van der Waals surface area contributed by atoms with Crippen molar-refractivity contribution in [2.45, 2.75) is 51.6 Å². The quantitative estimate of drug-likeness (QED) is 0.719. The molecule has 1 heterocycles. The van der Waals surface area contributed by atoms with E-state index in [2.05, 4.69) is 31.2 Å². The van der Waals surface area contributed by atoms with Gasteiger partial charge in [-0.1, -0.05) is 27.7 Å². The topological polar surface area (TPSA) is 70.3 Å². The minimum atomic E-state index is -0.620. The van der Waals surface area contributed by atoms with Crippen LogP contribution >= 0.6 is 0 Å². The monoisotopic (exact) mass is 269 g/mol. The highest BCUT2D eigenvalue weighted by molar-refractivity contribution is 5.24. The first-order chi connectivity index (χ1) is 8.78. The van der Waals surface area contributed by atoms with Crippen molar-refractivity contribution < 1.29 is 10.2 Å². The van der Waals surface area contributed by atoms with Gasteiger partial charge >= 0.3 is 0 Å². The lowest BCUT2D eigenvalue weighted by molar-refractivity contribution is 0.0863. The van der Waals surface area contributed by atoms with Crippen LogP contribution in [0, 0.1) is 0 Å². The fraction of sp³-hybridized carbons (Fsp3) is 0.786. The Bertz CT molecular complexity index is 395. The molecule has 0 fully saturated rings. The second kappa shape index (κ2) is 6.03. The predicted molar refractivity (Wildman–Crippen MR) is 75.9 cm³/mol. The van der Waals surface area contributed by atoms with Gasteiger partial charge in [0.1, 0.15) is 0 Å². The Balaban J connectivity index is 2.89. The summed E-state index contributed by atoms with van der Waals surface area (Å²) >= 11 is 0. The molecular weight excluding hydrogens is 242 g/mol. The molecule has 3 N–H and O–H groups in total. The summed E-state index contributed by atoms with van der Waals surface area (Å²) in [6, 6.07) is 0. The van der Waals surface area contributed by atoms with Crippen LogP contribution in [0.15, 0.2) is 6.20 Å². The number of nitrogens with one attached hydrogen (secondary N) is 1. The molecule has 0 aliphatic heterocycles. The van der Waals surface area contributed by atoms with E-state index >= 15 is 0 Å². The summed E-state index contributed by atoms with van der Waals surface area (Å²) in [5.74, 6) is 0. The maximum Gasteiger partial charge on any atom is 0.0722 e. The highest BCUT2D eigenvalue weighted by atomic mass is 16.3. The molecule has 5 heteroatoms. The van der Waals surface area contributed by atoms with Crippen molar-refractivity contribution >= 4 is 0 Å². The number of aliphatic hydroxyl groups excluding tert-OH is 2. The van der Waals surface area contributed by atoms with E-state index in [9.17, 15) is 10.2 Å². The van der Waals surface area contributed by atoms with Gasteiger partial charge in [0.15, 0.2) is 0 Å². The summed E-state index contributed by atoms with van der Waals surface area (Å²) < 4.78 is 1.81. The Labute approximate surface area is 115 Å². The number of aromatic nitrogens is 2. The summed E-state index contributed by atoms with van der Waals surface area (Å²) in [6.07, 6.45) is 2.66. The first-order valence-electron chi connectivity index (χ1n) is 6.78. The van der Waals surface area contributed by atoms with Crippen molar-refractivity contribution in [3.8, 4) is 0 Å². The summed E-state index contributed by atoms with van der Waals surface area (Å²) in [5, 5.41) is 26.7. The molecule has 1 aromatic rings. The fourth-order valence-corrected chi connectivity index (χ4v) is 2.09. The van der Waals surface area contributed by atoms with Crippen LogP contribution in [0.5, 0.6) is 0 Å². The second-order valence-corrected chi connectivity index (χ2v) is 6.23. The van der Waals surface area contributed by atoms with Crippen molar-refractivity contribution in [3.63, 3.8) is 0 Å². The summed E-state index contributed by atoms with van der Waals surface area (Å²) in [4.78, 5) is 0. The number of aliphatic hydroxyl groups is 2. The zero-order chi connectivity index (χ0) is 14.7. The number of hydrogen-bond donors (Lipinski definition) is 3. The van der Waals surface area contributed by atoms with Gasteiger partial charge in [-0.25, -0.2) is 0 Å². The zero-order valence-corrected chi connectivity index (χ0v) is 12.7. The molecule has 19 heavy (non-hydrogen) atoms. The number of aryl methyl sites for hydroxylation is 1. The van der Waals surface area contributed by atoms with Gasteiger partial charge in [0.05, 0.1) is 24.4 Å². The lowest BCUT2D eigenvalue weighted by Gasteiger charge is -2.30. The Kier molecular flexibility index (Phi) is 5.12. The molecule has 0 bridgehead atoms. The van der Waals surface area contributed by atoms with Crippen LogP contribution in [-0.4, -0.2) is 38.7 Å². The van der Waals surface area contributed by atoms with Crippen LogP contribution in [-0.2, 0) is 19.0 Å². The number of rotatable bonds is 6. The lowest BCUT2D eigenvalue weighted by atomic mass is 9.89. The van der Waals surface area contributed by atoms with Gasteiger partial charge in [-0.3, -0.25) is 4.68 Å². The largest absolute Gasteiger partial charge is 0.394 e. The van der Waals surface area contributed by atoms with E-state index in [0.29, 0.717) is 13.0 Å². The Morgan fingerprint density at radius 2 is 1.84 bits per heavy atom. The SMILES string of the molecule is CCC(CO)(CO)NCc1cn(C)nc1C(C)(C)C. The molecule has 0 atom stereocenters. The van der Waals surface area contributed by atoms with E-state index in [1.807, 2.05) is 24.9 Å². The number of nitrogens with zero attached hydrogens (tertiary/aromatic N) is 2. The van der Waals surface area contributed by atoms with E-state index in [0.717, 1.165) is 11.3 Å². The van der Waals surface area contributed by atoms with Gasteiger partial charge < -0.3 is 15.5 Å². The molecule has 0 unspecified atom stereocenters. The minimum absolute atomic E-state index is 0.0222. The van der Waals surface area contributed by atoms with E-state index in [-0.39, 0.29) is 18.6 Å². The number of hydrogen-bond acceptors (Lipinski definition) is 4. The second-order valence-electron chi connectivity index (χ2n) is 6.23. The van der Waals surface area contributed by atoms with Gasteiger partial charge in [-0.15, -0.1) is 0 Å². The van der Waals surface area contributed by atoms with Gasteiger partial charge in [0, 0.05) is 30.8 Å². The van der Waals surface area contributed by atoms with Crippen LogP contribution in [0.1, 0.15) is 45.4 Å². The molecular formula is C14H27N3O2. The average molecular weight is 269 g/mol. The molecule has 0 aliphatic rings. The molecule has 0 spiro atoms. The fourth-order valence-electron chi connectivity index (χ4n) is 2.09. The van der Waals surface area contributed by atoms with E-state index < -0.39 is 5.54 Å². The zero-order valence-electron chi connectivity index (χ0n) is 12.7. The molecule has 0 saturated carbocycles. The first kappa shape index (κ1) is 16.1. The van der Waals surface area contributed by atoms with Gasteiger partial charge in [0.25, 0.3) is 0 Å². The molecule has 0 radical (unpaired) electrons. The van der Waals surface area contributed by atoms with Crippen molar-refractivity contribution in [2.75, 3.05) is 13.2 Å². The molecule has 1 rings (SSSR count). The molecule has 0 aliphatic carbocycles. The minimum Gasteiger partial charge on any atom is -0.394 e. The smallest absolute Gasteiger partial charge is 0.0722 e. The summed E-state index contributed by atoms with van der Waals surface area (Å²) in [5.41, 5.74) is 1.51. The van der Waals surface area contributed by atoms with Gasteiger partial charge in [-0.05, 0) is 6.42 Å². The maximum absolute atomic E-state index is 9.45. The first-order valence-corrected chi connectivity index (χ1v) is 6.78. The van der Waals surface area contributed by atoms with Crippen molar-refractivity contribution in [2.24, 2.45) is 7.05 Å². The highest BCUT2D eigenvalue weighted by Gasteiger charge is 2.28. The van der Waals surface area contributed by atoms with Crippen LogP contribution in [0.4, 0.5) is 0 Å². The highest BCUT2D eigenvalue weighted by Crippen LogP contribution is 2.24. The molecule has 5 nitrogen and oxygen atoms in total. The average Bonchev–Trinajstić information content (AvgIpc) is 2.73. The normalized spacial score (nSPS) is 13.0. The van der Waals surface area contributed by atoms with Gasteiger partial charge in [-0.2, -0.15) is 5.10 Å². The maximum atomic E-state index is 9.45. The lowest BCUT2D eigenvalue weighted by Crippen LogP contribution is -2.50. The van der Waals surface area contributed by atoms with E-state index in [1.165, 1.54) is 0 Å². The van der Waals surface area contributed by atoms with E-state index in [1.54, 1.807) is 0 Å². The molecule has 110 valence electrons. The van der Waals surface area contributed by atoms with Gasteiger partial charge in [0.2, 0.25) is 0 Å². The van der Waals surface area contributed by atoms with Crippen LogP contribution < -0.4 is 5.32 Å². The molecule has 0 amide bonds. The molecule has 0 saturated heterocycles. The van der Waals surface area contributed by atoms with Crippen LogP contribution in [0.2, 0.25) is 0 Å². The Hall–Kier alpha value is -0.910. The van der Waals surface area contributed by atoms with Crippen molar-refractivity contribution in [3.05, 3.63) is 17.5 Å². The summed E-state index contributed by atoms with van der Waals surface area (Å²) in [7, 11) is 1.91. The van der Waals surface area contributed by atoms with Crippen LogP contribution in [0.25, 0.3) is 0 Å². The Morgan fingerprint density at radius 3 is 2.26 bits per heavy atom. The van der Waals surface area contributed by atoms with Crippen LogP contribution in [0.3, 0.4) is 0 Å². The predicted octanol–water partition coefficient (Wildman–Crippen LogP) is 0.941. The summed E-state index contributed by atoms with van der Waals surface area (Å²) in [6.45, 7) is 8.77. The molecule has 0 aromatic carbocycles. The third-order valence-electron chi connectivity index (χ3n) is 3.55. The Morgan fingerprint density at radius 1 is 1.26 bits per heavy atom. The molecule has 1 aromatic heterocycles. The van der Waals surface area contributed by atoms with Crippen molar-refractivity contribution in [1.82, 2.24) is 15.1 Å². The van der Waals surface area contributed by atoms with E-state index in [4.69, 9.17) is 0 Å². The van der Waals surface area contributed by atoms with Crippen molar-refractivity contribution in [1.29, 1.82) is 0 Å². The third kappa shape index (κ3) is 3.78.